The van der Waals surface area contributed by atoms with Gasteiger partial charge in [-0.2, -0.15) is 0 Å². The van der Waals surface area contributed by atoms with Gasteiger partial charge in [0.15, 0.2) is 0 Å². The third-order valence-corrected chi connectivity index (χ3v) is 5.33. The van der Waals surface area contributed by atoms with E-state index in [1.54, 1.807) is 30.3 Å². The number of benzene rings is 3. The Morgan fingerprint density at radius 3 is 2.44 bits per heavy atom. The maximum atomic E-state index is 13.4. The van der Waals surface area contributed by atoms with Gasteiger partial charge in [0.05, 0.1) is 18.2 Å². The Hall–Kier alpha value is -3.93. The highest BCUT2D eigenvalue weighted by molar-refractivity contribution is 6.51. The molecule has 1 atom stereocenters. The van der Waals surface area contributed by atoms with Crippen LogP contribution in [0.5, 0.6) is 5.75 Å². The van der Waals surface area contributed by atoms with Crippen molar-refractivity contribution >= 4 is 23.1 Å². The smallest absolute Gasteiger partial charge is 0.300 e. The lowest BCUT2D eigenvalue weighted by Gasteiger charge is -2.26. The standard InChI is InChI=1S/C26H22FNO4/c1-3-32-21-9-5-8-20(15-21)28-23(18-7-4-6-16(2)14-18)22(25(30)26(28)31)24(29)17-10-12-19(27)13-11-17/h4-15,23,29H,3H2,1-2H3/b24-22+. The number of amides is 1. The molecule has 0 aliphatic carbocycles. The number of halogens is 1. The van der Waals surface area contributed by atoms with Gasteiger partial charge in [-0.25, -0.2) is 4.39 Å². The van der Waals surface area contributed by atoms with Crippen molar-refractivity contribution in [3.05, 3.63) is 101 Å². The van der Waals surface area contributed by atoms with Gasteiger partial charge in [-0.05, 0) is 55.8 Å². The number of hydrogen-bond donors (Lipinski definition) is 1. The van der Waals surface area contributed by atoms with E-state index in [9.17, 15) is 19.1 Å². The number of ketones is 1. The molecule has 5 nitrogen and oxygen atoms in total. The van der Waals surface area contributed by atoms with Gasteiger partial charge in [0.25, 0.3) is 11.7 Å². The molecule has 3 aromatic carbocycles. The van der Waals surface area contributed by atoms with Crippen LogP contribution in [0.15, 0.2) is 78.4 Å². The molecule has 1 fully saturated rings. The first kappa shape index (κ1) is 21.3. The molecule has 4 rings (SSSR count). The van der Waals surface area contributed by atoms with E-state index >= 15 is 0 Å². The Morgan fingerprint density at radius 2 is 1.75 bits per heavy atom. The number of carbonyl (C=O) groups excluding carboxylic acids is 2. The molecule has 1 N–H and O–H groups in total. The van der Waals surface area contributed by atoms with E-state index in [2.05, 4.69) is 0 Å². The largest absolute Gasteiger partial charge is 0.507 e. The van der Waals surface area contributed by atoms with E-state index in [0.717, 1.165) is 5.56 Å². The second kappa shape index (κ2) is 8.67. The second-order valence-electron chi connectivity index (χ2n) is 7.52. The predicted molar refractivity (Wildman–Crippen MR) is 120 cm³/mol. The molecule has 0 radical (unpaired) electrons. The minimum absolute atomic E-state index is 0.0472. The van der Waals surface area contributed by atoms with Crippen LogP contribution in [0.25, 0.3) is 5.76 Å². The Bertz CT molecular complexity index is 1220. The van der Waals surface area contributed by atoms with Crippen molar-refractivity contribution in [2.45, 2.75) is 19.9 Å². The SMILES string of the molecule is CCOc1cccc(N2C(=O)C(=O)/C(=C(/O)c3ccc(F)cc3)C2c2cccc(C)c2)c1. The Kier molecular flexibility index (Phi) is 5.77. The Labute approximate surface area is 185 Å². The van der Waals surface area contributed by atoms with Crippen molar-refractivity contribution in [2.75, 3.05) is 11.5 Å². The summed E-state index contributed by atoms with van der Waals surface area (Å²) < 4.78 is 19.0. The number of rotatable bonds is 5. The zero-order valence-electron chi connectivity index (χ0n) is 17.7. The van der Waals surface area contributed by atoms with Crippen LogP contribution in [0.2, 0.25) is 0 Å². The zero-order valence-corrected chi connectivity index (χ0v) is 17.7. The number of carbonyl (C=O) groups is 2. The number of aryl methyl sites for hydroxylation is 1. The monoisotopic (exact) mass is 431 g/mol. The first-order chi connectivity index (χ1) is 15.4. The number of ether oxygens (including phenoxy) is 1. The topological polar surface area (TPSA) is 66.8 Å². The number of nitrogens with zero attached hydrogens (tertiary/aromatic N) is 1. The van der Waals surface area contributed by atoms with Gasteiger partial charge in [0.2, 0.25) is 0 Å². The predicted octanol–water partition coefficient (Wildman–Crippen LogP) is 5.16. The average Bonchev–Trinajstić information content (AvgIpc) is 3.05. The molecule has 32 heavy (non-hydrogen) atoms. The molecular formula is C26H22FNO4. The third kappa shape index (κ3) is 3.87. The van der Waals surface area contributed by atoms with Crippen LogP contribution in [0.3, 0.4) is 0 Å². The fraction of sp³-hybridized carbons (Fsp3) is 0.154. The van der Waals surface area contributed by atoms with Crippen molar-refractivity contribution in [3.63, 3.8) is 0 Å². The molecule has 3 aromatic rings. The normalized spacial score (nSPS) is 17.6. The van der Waals surface area contributed by atoms with E-state index in [4.69, 9.17) is 4.74 Å². The Balaban J connectivity index is 1.93. The third-order valence-electron chi connectivity index (χ3n) is 5.33. The minimum atomic E-state index is -0.850. The van der Waals surface area contributed by atoms with Crippen molar-refractivity contribution < 1.29 is 23.8 Å². The summed E-state index contributed by atoms with van der Waals surface area (Å²) in [5.41, 5.74) is 2.30. The first-order valence-corrected chi connectivity index (χ1v) is 10.3. The van der Waals surface area contributed by atoms with Crippen molar-refractivity contribution in [3.8, 4) is 5.75 Å². The molecule has 0 bridgehead atoms. The molecule has 0 saturated carbocycles. The van der Waals surface area contributed by atoms with Crippen LogP contribution in [0.4, 0.5) is 10.1 Å². The summed E-state index contributed by atoms with van der Waals surface area (Å²) in [5.74, 6) is -1.81. The van der Waals surface area contributed by atoms with Gasteiger partial charge in [0, 0.05) is 17.3 Å². The number of hydrogen-bond acceptors (Lipinski definition) is 4. The van der Waals surface area contributed by atoms with Crippen LogP contribution >= 0.6 is 0 Å². The summed E-state index contributed by atoms with van der Waals surface area (Å²) in [5, 5.41) is 11.0. The first-order valence-electron chi connectivity index (χ1n) is 10.3. The molecule has 1 aliphatic rings. The minimum Gasteiger partial charge on any atom is -0.507 e. The molecule has 1 unspecified atom stereocenters. The summed E-state index contributed by atoms with van der Waals surface area (Å²) >= 11 is 0. The number of aliphatic hydroxyl groups excluding tert-OH is 1. The molecular weight excluding hydrogens is 409 g/mol. The highest BCUT2D eigenvalue weighted by atomic mass is 19.1. The maximum Gasteiger partial charge on any atom is 0.300 e. The summed E-state index contributed by atoms with van der Waals surface area (Å²) in [7, 11) is 0. The molecule has 0 aromatic heterocycles. The number of anilines is 1. The molecule has 1 saturated heterocycles. The number of aliphatic hydroxyl groups is 1. The fourth-order valence-electron chi connectivity index (χ4n) is 3.91. The molecule has 162 valence electrons. The Morgan fingerprint density at radius 1 is 1.03 bits per heavy atom. The lowest BCUT2D eigenvalue weighted by molar-refractivity contribution is -0.132. The van der Waals surface area contributed by atoms with E-state index in [1.807, 2.05) is 32.0 Å². The maximum absolute atomic E-state index is 13.4. The summed E-state index contributed by atoms with van der Waals surface area (Å²) in [6.07, 6.45) is 0. The van der Waals surface area contributed by atoms with Gasteiger partial charge in [-0.15, -0.1) is 0 Å². The van der Waals surface area contributed by atoms with Crippen LogP contribution in [0.1, 0.15) is 29.7 Å². The van der Waals surface area contributed by atoms with Gasteiger partial charge in [-0.3, -0.25) is 14.5 Å². The second-order valence-corrected chi connectivity index (χ2v) is 7.52. The lowest BCUT2D eigenvalue weighted by Crippen LogP contribution is -2.29. The van der Waals surface area contributed by atoms with Crippen molar-refractivity contribution in [1.82, 2.24) is 0 Å². The molecule has 1 aliphatic heterocycles. The fourth-order valence-corrected chi connectivity index (χ4v) is 3.91. The zero-order chi connectivity index (χ0) is 22.8. The van der Waals surface area contributed by atoms with Gasteiger partial charge >= 0.3 is 0 Å². The van der Waals surface area contributed by atoms with Crippen LogP contribution in [0, 0.1) is 12.7 Å². The molecule has 0 spiro atoms. The summed E-state index contributed by atoms with van der Waals surface area (Å²) in [4.78, 5) is 27.7. The van der Waals surface area contributed by atoms with Crippen molar-refractivity contribution in [1.29, 1.82) is 0 Å². The quantitative estimate of drug-likeness (QED) is 0.344. The van der Waals surface area contributed by atoms with Crippen molar-refractivity contribution in [2.24, 2.45) is 0 Å². The van der Waals surface area contributed by atoms with Crippen LogP contribution in [-0.4, -0.2) is 23.4 Å². The van der Waals surface area contributed by atoms with E-state index in [-0.39, 0.29) is 16.9 Å². The lowest BCUT2D eigenvalue weighted by atomic mass is 9.94. The van der Waals surface area contributed by atoms with Gasteiger partial charge < -0.3 is 9.84 Å². The highest BCUT2D eigenvalue weighted by Crippen LogP contribution is 2.42. The average molecular weight is 431 g/mol. The van der Waals surface area contributed by atoms with E-state index in [0.29, 0.717) is 23.6 Å². The van der Waals surface area contributed by atoms with E-state index < -0.39 is 23.5 Å². The molecule has 1 amide bonds. The molecule has 1 heterocycles. The molecule has 6 heteroatoms. The summed E-state index contributed by atoms with van der Waals surface area (Å²) in [6.45, 7) is 4.22. The van der Waals surface area contributed by atoms with Gasteiger partial charge in [0.1, 0.15) is 17.3 Å². The van der Waals surface area contributed by atoms with E-state index in [1.165, 1.54) is 29.2 Å². The summed E-state index contributed by atoms with van der Waals surface area (Å²) in [6, 6.07) is 18.6. The number of Topliss-reactive ketones (excluding diaryl/α,β-unsaturated/α-hetero) is 1. The highest BCUT2D eigenvalue weighted by Gasteiger charge is 2.47. The van der Waals surface area contributed by atoms with Crippen LogP contribution < -0.4 is 9.64 Å². The van der Waals surface area contributed by atoms with Crippen LogP contribution in [-0.2, 0) is 9.59 Å². The van der Waals surface area contributed by atoms with Gasteiger partial charge in [-0.1, -0.05) is 35.9 Å².